The Bertz CT molecular complexity index is 231. The van der Waals surface area contributed by atoms with Gasteiger partial charge in [-0.2, -0.15) is 0 Å². The maximum absolute atomic E-state index is 10.4. The Kier molecular flexibility index (Phi) is 1.44. The van der Waals surface area contributed by atoms with Crippen LogP contribution in [0.3, 0.4) is 0 Å². The lowest BCUT2D eigenvalue weighted by molar-refractivity contribution is 0.1000. The molecule has 0 aliphatic carbocycles. The van der Waals surface area contributed by atoms with E-state index in [9.17, 15) is 4.79 Å². The molecule has 3 nitrogen and oxygen atoms in total. The van der Waals surface area contributed by atoms with E-state index < -0.39 is 5.91 Å². The van der Waals surface area contributed by atoms with Gasteiger partial charge in [-0.3, -0.25) is 4.79 Å². The molecular weight excluding hydrogens is 142 g/mol. The van der Waals surface area contributed by atoms with E-state index in [2.05, 4.69) is 4.42 Å². The standard InChI is InChI=1S/C5H4ClNO2/c6-4-3(5(7)8)1-2-9-4/h1-2H,(H2,7,8). The first kappa shape index (κ1) is 6.16. The summed E-state index contributed by atoms with van der Waals surface area (Å²) >= 11 is 5.37. The van der Waals surface area contributed by atoms with E-state index in [1.54, 1.807) is 0 Å². The lowest BCUT2D eigenvalue weighted by Gasteiger charge is -1.84. The minimum Gasteiger partial charge on any atom is -0.452 e. The van der Waals surface area contributed by atoms with Crippen LogP contribution in [0.15, 0.2) is 16.7 Å². The number of halogens is 1. The highest BCUT2D eigenvalue weighted by Gasteiger charge is 2.07. The molecule has 0 aromatic carbocycles. The molecule has 1 heterocycles. The van der Waals surface area contributed by atoms with Crippen molar-refractivity contribution in [2.45, 2.75) is 0 Å². The van der Waals surface area contributed by atoms with E-state index in [4.69, 9.17) is 17.3 Å². The van der Waals surface area contributed by atoms with Crippen molar-refractivity contribution in [2.75, 3.05) is 0 Å². The molecule has 0 radical (unpaired) electrons. The van der Waals surface area contributed by atoms with Crippen molar-refractivity contribution in [1.82, 2.24) is 0 Å². The highest BCUT2D eigenvalue weighted by atomic mass is 35.5. The third kappa shape index (κ3) is 1.05. The van der Waals surface area contributed by atoms with Gasteiger partial charge in [0, 0.05) is 0 Å². The molecule has 1 rings (SSSR count). The Hall–Kier alpha value is -0.960. The Labute approximate surface area is 56.4 Å². The molecule has 1 amide bonds. The summed E-state index contributed by atoms with van der Waals surface area (Å²) in [5, 5.41) is 0.0440. The average Bonchev–Trinajstić information content (AvgIpc) is 2.13. The molecule has 1 aromatic heterocycles. The summed E-state index contributed by atoms with van der Waals surface area (Å²) in [4.78, 5) is 10.4. The number of nitrogens with two attached hydrogens (primary N) is 1. The highest BCUT2D eigenvalue weighted by molar-refractivity contribution is 6.32. The fourth-order valence-corrected chi connectivity index (χ4v) is 0.677. The minimum absolute atomic E-state index is 0.0440. The van der Waals surface area contributed by atoms with E-state index in [1.807, 2.05) is 0 Å². The van der Waals surface area contributed by atoms with E-state index in [0.29, 0.717) is 0 Å². The monoisotopic (exact) mass is 145 g/mol. The van der Waals surface area contributed by atoms with Gasteiger partial charge >= 0.3 is 0 Å². The summed E-state index contributed by atoms with van der Waals surface area (Å²) in [5.41, 5.74) is 5.09. The molecule has 0 atom stereocenters. The molecule has 48 valence electrons. The summed E-state index contributed by atoms with van der Waals surface area (Å²) in [6, 6.07) is 1.42. The van der Waals surface area contributed by atoms with E-state index >= 15 is 0 Å². The number of amides is 1. The van der Waals surface area contributed by atoms with E-state index in [0.717, 1.165) is 0 Å². The van der Waals surface area contributed by atoms with Gasteiger partial charge in [0.2, 0.25) is 5.22 Å². The maximum Gasteiger partial charge on any atom is 0.253 e. The second kappa shape index (κ2) is 2.11. The third-order valence-electron chi connectivity index (χ3n) is 0.883. The lowest BCUT2D eigenvalue weighted by atomic mass is 10.3. The lowest BCUT2D eigenvalue weighted by Crippen LogP contribution is -2.09. The molecule has 2 N–H and O–H groups in total. The second-order valence-corrected chi connectivity index (χ2v) is 1.82. The van der Waals surface area contributed by atoms with E-state index in [-0.39, 0.29) is 10.8 Å². The van der Waals surface area contributed by atoms with Gasteiger partial charge in [0.25, 0.3) is 5.91 Å². The molecule has 0 saturated heterocycles. The quantitative estimate of drug-likeness (QED) is 0.642. The van der Waals surface area contributed by atoms with Crippen molar-refractivity contribution < 1.29 is 9.21 Å². The normalized spacial score (nSPS) is 9.44. The summed E-state index contributed by atoms with van der Waals surface area (Å²) in [5.74, 6) is -0.575. The van der Waals surface area contributed by atoms with Crippen LogP contribution in [0.25, 0.3) is 0 Å². The van der Waals surface area contributed by atoms with Gasteiger partial charge in [0.1, 0.15) is 0 Å². The second-order valence-electron chi connectivity index (χ2n) is 1.47. The molecule has 0 unspecified atom stereocenters. The number of furan rings is 1. The fraction of sp³-hybridized carbons (Fsp3) is 0. The van der Waals surface area contributed by atoms with Crippen molar-refractivity contribution in [2.24, 2.45) is 5.73 Å². The Morgan fingerprint density at radius 3 is 2.67 bits per heavy atom. The van der Waals surface area contributed by atoms with Gasteiger partial charge in [0.15, 0.2) is 0 Å². The number of hydrogen-bond donors (Lipinski definition) is 1. The van der Waals surface area contributed by atoms with Crippen LogP contribution >= 0.6 is 11.6 Å². The molecule has 9 heavy (non-hydrogen) atoms. The Morgan fingerprint density at radius 2 is 2.44 bits per heavy atom. The highest BCUT2D eigenvalue weighted by Crippen LogP contribution is 2.14. The molecule has 0 aliphatic rings. The minimum atomic E-state index is -0.575. The zero-order valence-corrected chi connectivity index (χ0v) is 5.18. The molecule has 0 saturated carbocycles. The summed E-state index contributed by atoms with van der Waals surface area (Å²) in [6.45, 7) is 0. The van der Waals surface area contributed by atoms with Gasteiger partial charge in [-0.15, -0.1) is 0 Å². The van der Waals surface area contributed by atoms with Crippen LogP contribution in [0, 0.1) is 0 Å². The molecule has 0 aliphatic heterocycles. The smallest absolute Gasteiger partial charge is 0.253 e. The first-order valence-corrected chi connectivity index (χ1v) is 2.62. The van der Waals surface area contributed by atoms with Gasteiger partial charge in [-0.25, -0.2) is 0 Å². The SMILES string of the molecule is NC(=O)c1ccoc1Cl. The Balaban J connectivity index is 3.08. The largest absolute Gasteiger partial charge is 0.452 e. The maximum atomic E-state index is 10.4. The number of hydrogen-bond acceptors (Lipinski definition) is 2. The zero-order chi connectivity index (χ0) is 6.85. The third-order valence-corrected chi connectivity index (χ3v) is 1.18. The van der Waals surface area contributed by atoms with Crippen molar-refractivity contribution >= 4 is 17.5 Å². The first-order valence-electron chi connectivity index (χ1n) is 2.24. The fourth-order valence-electron chi connectivity index (χ4n) is 0.470. The molecular formula is C5H4ClNO2. The molecule has 0 spiro atoms. The topological polar surface area (TPSA) is 56.2 Å². The van der Waals surface area contributed by atoms with Crippen LogP contribution in [0.4, 0.5) is 0 Å². The van der Waals surface area contributed by atoms with Crippen molar-refractivity contribution in [1.29, 1.82) is 0 Å². The van der Waals surface area contributed by atoms with Crippen LogP contribution in [-0.4, -0.2) is 5.91 Å². The van der Waals surface area contributed by atoms with E-state index in [1.165, 1.54) is 12.3 Å². The van der Waals surface area contributed by atoms with Crippen LogP contribution in [0.5, 0.6) is 0 Å². The number of rotatable bonds is 1. The molecule has 1 aromatic rings. The predicted molar refractivity (Wildman–Crippen MR) is 32.2 cm³/mol. The first-order chi connectivity index (χ1) is 4.22. The van der Waals surface area contributed by atoms with Gasteiger partial charge < -0.3 is 10.2 Å². The van der Waals surface area contributed by atoms with Gasteiger partial charge in [-0.05, 0) is 17.7 Å². The van der Waals surface area contributed by atoms with Crippen LogP contribution in [0.2, 0.25) is 5.22 Å². The van der Waals surface area contributed by atoms with Gasteiger partial charge in [0.05, 0.1) is 11.8 Å². The molecule has 4 heteroatoms. The number of carbonyl (C=O) groups excluding carboxylic acids is 1. The molecule has 0 fully saturated rings. The van der Waals surface area contributed by atoms with Crippen molar-refractivity contribution in [3.05, 3.63) is 23.1 Å². The average molecular weight is 146 g/mol. The summed E-state index contributed by atoms with van der Waals surface area (Å²) in [7, 11) is 0. The summed E-state index contributed by atoms with van der Waals surface area (Å²) in [6.07, 6.45) is 1.31. The summed E-state index contributed by atoms with van der Waals surface area (Å²) < 4.78 is 4.59. The van der Waals surface area contributed by atoms with Crippen molar-refractivity contribution in [3.8, 4) is 0 Å². The predicted octanol–water partition coefficient (Wildman–Crippen LogP) is 1.03. The van der Waals surface area contributed by atoms with Crippen LogP contribution in [0.1, 0.15) is 10.4 Å². The van der Waals surface area contributed by atoms with Crippen molar-refractivity contribution in [3.63, 3.8) is 0 Å². The molecule has 0 bridgehead atoms. The zero-order valence-electron chi connectivity index (χ0n) is 4.43. The van der Waals surface area contributed by atoms with Gasteiger partial charge in [-0.1, -0.05) is 0 Å². The van der Waals surface area contributed by atoms with Crippen LogP contribution < -0.4 is 5.73 Å². The number of carbonyl (C=O) groups is 1. The number of primary amides is 1. The Morgan fingerprint density at radius 1 is 1.78 bits per heavy atom. The van der Waals surface area contributed by atoms with Crippen LogP contribution in [-0.2, 0) is 0 Å².